The van der Waals surface area contributed by atoms with E-state index in [1.165, 1.54) is 6.92 Å². The third-order valence-electron chi connectivity index (χ3n) is 10.8. The number of carbonyl (C=O) groups is 2. The van der Waals surface area contributed by atoms with Crippen LogP contribution in [0.25, 0.3) is 72.0 Å². The summed E-state index contributed by atoms with van der Waals surface area (Å²) in [4.78, 5) is 28.7. The first-order chi connectivity index (χ1) is 28.9. The molecular weight excluding hydrogens is 725 g/mol. The number of ketones is 1. The number of hydrogen-bond acceptors (Lipinski definition) is 4. The predicted octanol–water partition coefficient (Wildman–Crippen LogP) is 12.6. The van der Waals surface area contributed by atoms with Gasteiger partial charge in [-0.3, -0.25) is 9.59 Å². The average molecular weight is 759 g/mol. The van der Waals surface area contributed by atoms with Gasteiger partial charge in [0.15, 0.2) is 5.78 Å². The normalized spacial score (nSPS) is 10.9. The van der Waals surface area contributed by atoms with Crippen LogP contribution in [-0.2, 0) is 0 Å². The van der Waals surface area contributed by atoms with Gasteiger partial charge in [-0.15, -0.1) is 0 Å². The van der Waals surface area contributed by atoms with E-state index in [0.29, 0.717) is 22.5 Å². The zero-order valence-corrected chi connectivity index (χ0v) is 32.0. The van der Waals surface area contributed by atoms with E-state index in [1.54, 1.807) is 18.2 Å². The van der Waals surface area contributed by atoms with Crippen molar-refractivity contribution in [2.24, 2.45) is 0 Å². The van der Waals surface area contributed by atoms with E-state index in [1.807, 2.05) is 156 Å². The maximum Gasteiger partial charge on any atom is 0.256 e. The number of carbonyl (C=O) groups excluding carboxylic acids is 2. The molecular formula is C53H34N4O2. The smallest absolute Gasteiger partial charge is 0.256 e. The molecule has 0 saturated heterocycles. The molecule has 0 bridgehead atoms. The lowest BCUT2D eigenvalue weighted by atomic mass is 9.95. The lowest BCUT2D eigenvalue weighted by molar-refractivity contribution is 0.0985. The van der Waals surface area contributed by atoms with Gasteiger partial charge >= 0.3 is 0 Å². The van der Waals surface area contributed by atoms with E-state index in [4.69, 9.17) is 0 Å². The van der Waals surface area contributed by atoms with Crippen molar-refractivity contribution >= 4 is 39.2 Å². The second kappa shape index (κ2) is 15.3. The summed E-state index contributed by atoms with van der Waals surface area (Å²) in [5.74, 6) is -0.677. The van der Waals surface area contributed by atoms with Crippen molar-refractivity contribution in [3.8, 4) is 62.3 Å². The maximum absolute atomic E-state index is 14.8. The summed E-state index contributed by atoms with van der Waals surface area (Å²) in [5.41, 5.74) is 11.4. The van der Waals surface area contributed by atoms with Crippen LogP contribution in [0.5, 0.6) is 0 Å². The number of Topliss-reactive ketones (excluding diaryl/α,β-unsaturated/α-hetero) is 1. The lowest BCUT2D eigenvalue weighted by Crippen LogP contribution is -2.18. The number of anilines is 1. The minimum absolute atomic E-state index is 0.242. The van der Waals surface area contributed by atoms with Gasteiger partial charge < -0.3 is 9.88 Å². The number of aromatic nitrogens is 1. The average Bonchev–Trinajstić information content (AvgIpc) is 3.62. The summed E-state index contributed by atoms with van der Waals surface area (Å²) in [6.45, 7) is 1.49. The number of benzene rings is 8. The summed E-state index contributed by atoms with van der Waals surface area (Å²) >= 11 is 0. The number of nitriles is 2. The standard InChI is InChI=1S/C53H34N4O2/c1-34(58)51-45(53(59)56-52-43(35-14-4-2-5-15-35)22-12-23-44(52)36-16-6-3-7-17-36)24-13-25-50(51)57-48-28-26-37(41-20-10-8-18-39(41)32-54)30-46(48)47-31-38(27-29-49(47)57)42-21-11-9-19-40(42)33-55/h2-31H,1H3,(H,56,59). The highest BCUT2D eigenvalue weighted by Gasteiger charge is 2.25. The number of rotatable bonds is 8. The van der Waals surface area contributed by atoms with Crippen molar-refractivity contribution in [3.05, 3.63) is 204 Å². The SMILES string of the molecule is CC(=O)c1c(C(=O)Nc2c(-c3ccccc3)cccc2-c2ccccc2)cccc1-n1c2ccc(-c3ccccc3C#N)cc2c2cc(-c3ccccc3C#N)ccc21. The Bertz CT molecular complexity index is 3030. The van der Waals surface area contributed by atoms with Crippen LogP contribution in [-0.4, -0.2) is 16.3 Å². The van der Waals surface area contributed by atoms with Gasteiger partial charge in [-0.25, -0.2) is 0 Å². The molecule has 0 aliphatic rings. The molecule has 0 saturated carbocycles. The zero-order chi connectivity index (χ0) is 40.5. The van der Waals surface area contributed by atoms with Gasteiger partial charge in [0, 0.05) is 21.9 Å². The van der Waals surface area contributed by atoms with Gasteiger partial charge in [0.05, 0.1) is 56.8 Å². The van der Waals surface area contributed by atoms with E-state index < -0.39 is 5.91 Å². The molecule has 59 heavy (non-hydrogen) atoms. The van der Waals surface area contributed by atoms with Crippen LogP contribution >= 0.6 is 0 Å². The van der Waals surface area contributed by atoms with Gasteiger partial charge in [-0.2, -0.15) is 10.5 Å². The molecule has 9 rings (SSSR count). The van der Waals surface area contributed by atoms with Crippen molar-refractivity contribution in [1.29, 1.82) is 10.5 Å². The first kappa shape index (κ1) is 36.3. The molecule has 9 aromatic rings. The van der Waals surface area contributed by atoms with E-state index in [-0.39, 0.29) is 16.9 Å². The van der Waals surface area contributed by atoms with Crippen LogP contribution in [0.1, 0.15) is 38.8 Å². The largest absolute Gasteiger partial charge is 0.321 e. The number of para-hydroxylation sites is 1. The highest BCUT2D eigenvalue weighted by atomic mass is 16.2. The van der Waals surface area contributed by atoms with Crippen molar-refractivity contribution in [3.63, 3.8) is 0 Å². The molecule has 0 unspecified atom stereocenters. The van der Waals surface area contributed by atoms with Crippen LogP contribution in [0.2, 0.25) is 0 Å². The van der Waals surface area contributed by atoms with Crippen LogP contribution in [0.3, 0.4) is 0 Å². The number of fused-ring (bicyclic) bond motifs is 3. The molecule has 0 atom stereocenters. The topological polar surface area (TPSA) is 98.7 Å². The Morgan fingerprint density at radius 3 is 1.44 bits per heavy atom. The van der Waals surface area contributed by atoms with Crippen molar-refractivity contribution in [1.82, 2.24) is 4.57 Å². The van der Waals surface area contributed by atoms with Gasteiger partial charge in [0.1, 0.15) is 0 Å². The van der Waals surface area contributed by atoms with E-state index in [2.05, 4.69) is 29.6 Å². The zero-order valence-electron chi connectivity index (χ0n) is 32.0. The Labute approximate surface area is 341 Å². The van der Waals surface area contributed by atoms with Gasteiger partial charge in [0.2, 0.25) is 0 Å². The monoisotopic (exact) mass is 758 g/mol. The fraction of sp³-hybridized carbons (Fsp3) is 0.0189. The van der Waals surface area contributed by atoms with Crippen LogP contribution in [0.4, 0.5) is 5.69 Å². The highest BCUT2D eigenvalue weighted by molar-refractivity contribution is 6.18. The minimum Gasteiger partial charge on any atom is -0.321 e. The van der Waals surface area contributed by atoms with Gasteiger partial charge in [-0.05, 0) is 88.8 Å². The summed E-state index contributed by atoms with van der Waals surface area (Å²) in [6.07, 6.45) is 0. The summed E-state index contributed by atoms with van der Waals surface area (Å²) in [6, 6.07) is 62.9. The Morgan fingerprint density at radius 2 is 0.949 bits per heavy atom. The number of nitrogens with zero attached hydrogens (tertiary/aromatic N) is 3. The van der Waals surface area contributed by atoms with E-state index >= 15 is 0 Å². The Hall–Kier alpha value is -8.32. The maximum atomic E-state index is 14.8. The number of amides is 1. The first-order valence-corrected chi connectivity index (χ1v) is 19.2. The summed E-state index contributed by atoms with van der Waals surface area (Å²) in [7, 11) is 0. The molecule has 0 fully saturated rings. The molecule has 1 heterocycles. The molecule has 0 aliphatic carbocycles. The molecule has 278 valence electrons. The van der Waals surface area contributed by atoms with Crippen LogP contribution in [0.15, 0.2) is 182 Å². The summed E-state index contributed by atoms with van der Waals surface area (Å²) < 4.78 is 2.03. The molecule has 6 heteroatoms. The number of nitrogens with one attached hydrogen (secondary N) is 1. The van der Waals surface area contributed by atoms with E-state index in [9.17, 15) is 20.1 Å². The molecule has 1 aromatic heterocycles. The fourth-order valence-electron chi connectivity index (χ4n) is 8.15. The molecule has 0 radical (unpaired) electrons. The lowest BCUT2D eigenvalue weighted by Gasteiger charge is -2.19. The van der Waals surface area contributed by atoms with Crippen molar-refractivity contribution < 1.29 is 9.59 Å². The quantitative estimate of drug-likeness (QED) is 0.156. The third-order valence-corrected chi connectivity index (χ3v) is 10.8. The Balaban J connectivity index is 1.25. The fourth-order valence-corrected chi connectivity index (χ4v) is 8.15. The summed E-state index contributed by atoms with van der Waals surface area (Å²) in [5, 5.41) is 25.0. The van der Waals surface area contributed by atoms with Gasteiger partial charge in [0.25, 0.3) is 5.91 Å². The molecule has 1 amide bonds. The van der Waals surface area contributed by atoms with Crippen LogP contribution in [0, 0.1) is 22.7 Å². The first-order valence-electron chi connectivity index (χ1n) is 19.2. The minimum atomic E-state index is -0.413. The Kier molecular flexibility index (Phi) is 9.43. The third kappa shape index (κ3) is 6.51. The van der Waals surface area contributed by atoms with Crippen molar-refractivity contribution in [2.45, 2.75) is 6.92 Å². The second-order valence-electron chi connectivity index (χ2n) is 14.3. The Morgan fingerprint density at radius 1 is 0.492 bits per heavy atom. The predicted molar refractivity (Wildman–Crippen MR) is 236 cm³/mol. The highest BCUT2D eigenvalue weighted by Crippen LogP contribution is 2.41. The molecule has 8 aromatic carbocycles. The molecule has 0 spiro atoms. The molecule has 0 aliphatic heterocycles. The van der Waals surface area contributed by atoms with E-state index in [0.717, 1.165) is 66.3 Å². The van der Waals surface area contributed by atoms with Crippen molar-refractivity contribution in [2.75, 3.05) is 5.32 Å². The van der Waals surface area contributed by atoms with Crippen LogP contribution < -0.4 is 5.32 Å². The molecule has 6 nitrogen and oxygen atoms in total. The molecule has 1 N–H and O–H groups in total. The number of hydrogen-bond donors (Lipinski definition) is 1. The van der Waals surface area contributed by atoms with Gasteiger partial charge in [-0.1, -0.05) is 133 Å². The second-order valence-corrected chi connectivity index (χ2v) is 14.3.